The minimum Gasteiger partial charge on any atom is -2.00 e. The Hall–Kier alpha value is 0.570. The molecule has 0 saturated heterocycles. The van der Waals surface area contributed by atoms with Crippen LogP contribution in [0.1, 0.15) is 0 Å². The van der Waals surface area contributed by atoms with Gasteiger partial charge in [0.1, 0.15) is 0 Å². The molecule has 0 rings (SSSR count). The summed E-state index contributed by atoms with van der Waals surface area (Å²) in [4.78, 5) is 0. The molecule has 0 aromatic rings. The SMILES string of the molecule is O=S(=O)([O-])[O-].[Nb+5].[O-2]. The second-order valence-electron chi connectivity index (χ2n) is 0.408. The fraction of sp³-hybridized carbons (Fsp3) is 0. The molecule has 7 heavy (non-hydrogen) atoms. The minimum atomic E-state index is -5.17. The number of rotatable bonds is 0. The largest absolute Gasteiger partial charge is 5.00 e. The molecular formula is NbO5S+. The van der Waals surface area contributed by atoms with E-state index in [0.29, 0.717) is 0 Å². The van der Waals surface area contributed by atoms with Gasteiger partial charge in [-0.25, -0.2) is 0 Å². The van der Waals surface area contributed by atoms with Crippen LogP contribution in [0.15, 0.2) is 0 Å². The van der Waals surface area contributed by atoms with E-state index in [-0.39, 0.29) is 27.9 Å². The van der Waals surface area contributed by atoms with Crippen LogP contribution < -0.4 is 0 Å². The normalized spacial score (nSPS) is 8.29. The zero-order valence-electron chi connectivity index (χ0n) is 2.90. The summed E-state index contributed by atoms with van der Waals surface area (Å²) in [6.07, 6.45) is 0. The summed E-state index contributed by atoms with van der Waals surface area (Å²) < 4.78 is 34.1. The van der Waals surface area contributed by atoms with Gasteiger partial charge in [0.05, 0.1) is 0 Å². The van der Waals surface area contributed by atoms with E-state index in [0.717, 1.165) is 0 Å². The molecule has 7 heteroatoms. The Morgan fingerprint density at radius 1 is 1.14 bits per heavy atom. The van der Waals surface area contributed by atoms with E-state index in [1.54, 1.807) is 0 Å². The molecule has 0 radical (unpaired) electrons. The summed E-state index contributed by atoms with van der Waals surface area (Å²) in [7, 11) is -5.17. The first kappa shape index (κ1) is 15.6. The van der Waals surface area contributed by atoms with Crippen molar-refractivity contribution >= 4 is 10.4 Å². The van der Waals surface area contributed by atoms with Crippen LogP contribution in [0.4, 0.5) is 0 Å². The van der Waals surface area contributed by atoms with Gasteiger partial charge in [-0.05, 0) is 0 Å². The predicted molar refractivity (Wildman–Crippen MR) is 11.2 cm³/mol. The topological polar surface area (TPSA) is 109 Å². The van der Waals surface area contributed by atoms with Crippen LogP contribution in [-0.2, 0) is 38.3 Å². The first-order chi connectivity index (χ1) is 2.00. The van der Waals surface area contributed by atoms with Gasteiger partial charge in [-0.3, -0.25) is 8.42 Å². The Kier molecular flexibility index (Phi) is 10.6. The van der Waals surface area contributed by atoms with Crippen molar-refractivity contribution in [3.05, 3.63) is 0 Å². The van der Waals surface area contributed by atoms with Crippen LogP contribution >= 0.6 is 0 Å². The summed E-state index contributed by atoms with van der Waals surface area (Å²) in [5.41, 5.74) is 0. The van der Waals surface area contributed by atoms with Crippen molar-refractivity contribution in [2.45, 2.75) is 0 Å². The van der Waals surface area contributed by atoms with Gasteiger partial charge < -0.3 is 14.6 Å². The van der Waals surface area contributed by atoms with E-state index in [9.17, 15) is 0 Å². The third-order valence-corrected chi connectivity index (χ3v) is 0. The zero-order chi connectivity index (χ0) is 4.50. The van der Waals surface area contributed by atoms with E-state index in [1.807, 2.05) is 0 Å². The number of hydrogen-bond donors (Lipinski definition) is 0. The Morgan fingerprint density at radius 3 is 1.14 bits per heavy atom. The van der Waals surface area contributed by atoms with Gasteiger partial charge in [-0.2, -0.15) is 0 Å². The molecule has 0 amide bonds. The van der Waals surface area contributed by atoms with Gasteiger partial charge in [0.15, 0.2) is 0 Å². The molecular weight excluding hydrogens is 205 g/mol. The molecule has 0 saturated carbocycles. The van der Waals surface area contributed by atoms with Crippen molar-refractivity contribution in [1.82, 2.24) is 0 Å². The molecule has 40 valence electrons. The van der Waals surface area contributed by atoms with Crippen molar-refractivity contribution in [3.8, 4) is 0 Å². The molecule has 0 spiro atoms. The van der Waals surface area contributed by atoms with E-state index < -0.39 is 10.4 Å². The van der Waals surface area contributed by atoms with Gasteiger partial charge in [-0.1, -0.05) is 0 Å². The van der Waals surface area contributed by atoms with Gasteiger partial charge in [-0.15, -0.1) is 0 Å². The molecule has 0 aliphatic heterocycles. The van der Waals surface area contributed by atoms with Gasteiger partial charge >= 0.3 is 22.4 Å². The summed E-state index contributed by atoms with van der Waals surface area (Å²) in [5, 5.41) is 0. The van der Waals surface area contributed by atoms with E-state index in [2.05, 4.69) is 0 Å². The molecule has 0 aliphatic rings. The summed E-state index contributed by atoms with van der Waals surface area (Å²) >= 11 is 0. The average Bonchev–Trinajstić information content (AvgIpc) is 0.722. The first-order valence-electron chi connectivity index (χ1n) is 0.667. The fourth-order valence-electron chi connectivity index (χ4n) is 0. The van der Waals surface area contributed by atoms with Crippen LogP contribution in [0, 0.1) is 0 Å². The van der Waals surface area contributed by atoms with Crippen LogP contribution in [0.2, 0.25) is 0 Å². The molecule has 0 fully saturated rings. The van der Waals surface area contributed by atoms with Crippen molar-refractivity contribution in [2.75, 3.05) is 0 Å². The third kappa shape index (κ3) is 422. The molecule has 0 atom stereocenters. The first-order valence-corrected chi connectivity index (χ1v) is 2.00. The molecule has 0 aromatic heterocycles. The summed E-state index contributed by atoms with van der Waals surface area (Å²) in [6.45, 7) is 0. The van der Waals surface area contributed by atoms with E-state index >= 15 is 0 Å². The maximum atomic E-state index is 8.52. The van der Waals surface area contributed by atoms with Crippen LogP contribution in [-0.4, -0.2) is 17.5 Å². The molecule has 0 aromatic carbocycles. The molecule has 0 bridgehead atoms. The molecule has 0 heterocycles. The van der Waals surface area contributed by atoms with Crippen molar-refractivity contribution in [2.24, 2.45) is 0 Å². The summed E-state index contributed by atoms with van der Waals surface area (Å²) in [5.74, 6) is 0. The molecule has 5 nitrogen and oxygen atoms in total. The van der Waals surface area contributed by atoms with Crippen LogP contribution in [0.5, 0.6) is 0 Å². The van der Waals surface area contributed by atoms with Crippen molar-refractivity contribution in [1.29, 1.82) is 0 Å². The second-order valence-corrected chi connectivity index (χ2v) is 1.22. The quantitative estimate of drug-likeness (QED) is 0.273. The van der Waals surface area contributed by atoms with Crippen LogP contribution in [0.3, 0.4) is 0 Å². The standard InChI is InChI=1S/Nb.H2O4S.O/c;1-5(2,3)4;/h;(H2,1,2,3,4);/q+5;;-2/p-2. The van der Waals surface area contributed by atoms with Crippen molar-refractivity contribution < 1.29 is 45.4 Å². The smallest absolute Gasteiger partial charge is 2.00 e. The molecule has 0 aliphatic carbocycles. The van der Waals surface area contributed by atoms with Gasteiger partial charge in [0, 0.05) is 10.4 Å². The van der Waals surface area contributed by atoms with Gasteiger partial charge in [0.25, 0.3) is 0 Å². The Balaban J connectivity index is -0.0000000800. The van der Waals surface area contributed by atoms with E-state index in [1.165, 1.54) is 0 Å². The molecule has 0 N–H and O–H groups in total. The van der Waals surface area contributed by atoms with Gasteiger partial charge in [0.2, 0.25) is 0 Å². The Morgan fingerprint density at radius 2 is 1.14 bits per heavy atom. The predicted octanol–water partition coefficient (Wildman–Crippen LogP) is -1.46. The maximum absolute atomic E-state index is 8.52. The Labute approximate surface area is 56.1 Å². The third-order valence-electron chi connectivity index (χ3n) is 0. The Bertz CT molecular complexity index is 91.2. The average molecular weight is 205 g/mol. The molecule has 0 unspecified atom stereocenters. The monoisotopic (exact) mass is 205 g/mol. The van der Waals surface area contributed by atoms with Crippen LogP contribution in [0.25, 0.3) is 0 Å². The zero-order valence-corrected chi connectivity index (χ0v) is 5.91. The second kappa shape index (κ2) is 4.72. The fourth-order valence-corrected chi connectivity index (χ4v) is 0. The minimum absolute atomic E-state index is 0. The summed E-state index contributed by atoms with van der Waals surface area (Å²) in [6, 6.07) is 0. The maximum Gasteiger partial charge on any atom is 5.00 e. The number of hydrogen-bond acceptors (Lipinski definition) is 4. The van der Waals surface area contributed by atoms with E-state index in [4.69, 9.17) is 17.5 Å². The van der Waals surface area contributed by atoms with Crippen molar-refractivity contribution in [3.63, 3.8) is 0 Å².